The summed E-state index contributed by atoms with van der Waals surface area (Å²) in [6.45, 7) is 4.58. The molecule has 1 N–H and O–H groups in total. The fraction of sp³-hybridized carbons (Fsp3) is 0.250. The third kappa shape index (κ3) is 2.73. The van der Waals surface area contributed by atoms with E-state index in [1.165, 1.54) is 7.11 Å². The van der Waals surface area contributed by atoms with Crippen LogP contribution < -0.4 is 10.1 Å². The van der Waals surface area contributed by atoms with E-state index in [1.54, 1.807) is 35.4 Å². The van der Waals surface area contributed by atoms with Gasteiger partial charge in [0.15, 0.2) is 5.82 Å². The molecule has 2 heterocycles. The van der Waals surface area contributed by atoms with E-state index in [2.05, 4.69) is 20.6 Å². The van der Waals surface area contributed by atoms with Gasteiger partial charge in [-0.25, -0.2) is 0 Å². The van der Waals surface area contributed by atoms with Gasteiger partial charge >= 0.3 is 0 Å². The van der Waals surface area contributed by atoms with Gasteiger partial charge in [-0.2, -0.15) is 5.10 Å². The van der Waals surface area contributed by atoms with E-state index < -0.39 is 0 Å². The summed E-state index contributed by atoms with van der Waals surface area (Å²) in [6, 6.07) is 7.07. The minimum Gasteiger partial charge on any atom is -0.496 e. The van der Waals surface area contributed by atoms with Crippen molar-refractivity contribution in [1.29, 1.82) is 0 Å². The molecular weight excluding hydrogens is 308 g/mol. The number of benzene rings is 1. The van der Waals surface area contributed by atoms with Gasteiger partial charge in [-0.15, -0.1) is 10.2 Å². The molecule has 0 unspecified atom stereocenters. The molecule has 3 rings (SSSR count). The number of anilines is 1. The summed E-state index contributed by atoms with van der Waals surface area (Å²) in [4.78, 5) is 12.7. The number of carbonyl (C=O) groups is 1. The van der Waals surface area contributed by atoms with Crippen molar-refractivity contribution >= 4 is 11.6 Å². The van der Waals surface area contributed by atoms with Gasteiger partial charge in [0.1, 0.15) is 24.1 Å². The van der Waals surface area contributed by atoms with Gasteiger partial charge in [-0.05, 0) is 26.0 Å². The molecule has 2 aromatic heterocycles. The number of aryl methyl sites for hydroxylation is 1. The van der Waals surface area contributed by atoms with Gasteiger partial charge in [-0.1, -0.05) is 12.1 Å². The Balaban J connectivity index is 2.00. The maximum Gasteiger partial charge on any atom is 0.259 e. The van der Waals surface area contributed by atoms with Crippen molar-refractivity contribution in [3.8, 4) is 11.6 Å². The van der Waals surface area contributed by atoms with Gasteiger partial charge < -0.3 is 10.1 Å². The number of hydrogen-bond donors (Lipinski definition) is 1. The first-order valence-corrected chi connectivity index (χ1v) is 7.52. The molecule has 0 aliphatic heterocycles. The van der Waals surface area contributed by atoms with Crippen LogP contribution in [0.4, 0.5) is 5.69 Å². The highest BCUT2D eigenvalue weighted by molar-refractivity contribution is 6.07. The quantitative estimate of drug-likeness (QED) is 0.775. The molecule has 1 aromatic carbocycles. The van der Waals surface area contributed by atoms with Crippen LogP contribution in [-0.2, 0) is 6.54 Å². The van der Waals surface area contributed by atoms with E-state index in [0.717, 1.165) is 5.69 Å². The highest BCUT2D eigenvalue weighted by atomic mass is 16.5. The predicted molar refractivity (Wildman–Crippen MR) is 88.5 cm³/mol. The molecule has 0 aliphatic rings. The number of ether oxygens (including phenoxy) is 1. The van der Waals surface area contributed by atoms with Crippen LogP contribution >= 0.6 is 0 Å². The summed E-state index contributed by atoms with van der Waals surface area (Å²) in [7, 11) is 1.54. The maximum absolute atomic E-state index is 12.7. The average molecular weight is 326 g/mol. The molecule has 0 radical (unpaired) electrons. The zero-order valence-corrected chi connectivity index (χ0v) is 13.7. The minimum atomic E-state index is -0.263. The molecule has 0 saturated carbocycles. The molecule has 0 aliphatic carbocycles. The topological polar surface area (TPSA) is 86.9 Å². The third-order valence-electron chi connectivity index (χ3n) is 3.74. The first-order valence-electron chi connectivity index (χ1n) is 7.52. The van der Waals surface area contributed by atoms with Crippen LogP contribution in [0.1, 0.15) is 23.0 Å². The number of carbonyl (C=O) groups excluding carboxylic acids is 1. The van der Waals surface area contributed by atoms with E-state index in [-0.39, 0.29) is 5.91 Å². The molecule has 1 amide bonds. The van der Waals surface area contributed by atoms with Crippen LogP contribution in [0.15, 0.2) is 36.9 Å². The summed E-state index contributed by atoms with van der Waals surface area (Å²) in [5, 5.41) is 15.0. The number of aromatic nitrogens is 5. The molecule has 3 aromatic rings. The maximum atomic E-state index is 12.7. The lowest BCUT2D eigenvalue weighted by Gasteiger charge is -2.10. The van der Waals surface area contributed by atoms with Crippen LogP contribution in [0.3, 0.4) is 0 Å². The zero-order chi connectivity index (χ0) is 17.1. The van der Waals surface area contributed by atoms with Gasteiger partial charge in [0.05, 0.1) is 18.4 Å². The number of amides is 1. The van der Waals surface area contributed by atoms with Crippen LogP contribution in [0.2, 0.25) is 0 Å². The lowest BCUT2D eigenvalue weighted by Crippen LogP contribution is -2.15. The van der Waals surface area contributed by atoms with Crippen molar-refractivity contribution in [3.05, 3.63) is 48.2 Å². The van der Waals surface area contributed by atoms with Crippen molar-refractivity contribution in [1.82, 2.24) is 24.5 Å². The molecule has 0 fully saturated rings. The van der Waals surface area contributed by atoms with E-state index in [1.807, 2.05) is 24.6 Å². The Morgan fingerprint density at radius 3 is 2.62 bits per heavy atom. The third-order valence-corrected chi connectivity index (χ3v) is 3.74. The molecule has 0 atom stereocenters. The number of methoxy groups -OCH3 is 1. The highest BCUT2D eigenvalue weighted by Crippen LogP contribution is 2.26. The standard InChI is InChI=1S/C16H18N6O2/c1-4-22-11(2)14(15(20-22)21-9-17-18-10-21)19-16(23)12-7-5-6-8-13(12)24-3/h5-10H,4H2,1-3H3,(H,19,23). The molecule has 0 spiro atoms. The molecule has 0 saturated heterocycles. The molecule has 8 nitrogen and oxygen atoms in total. The second-order valence-corrected chi connectivity index (χ2v) is 5.12. The second kappa shape index (κ2) is 6.53. The number of para-hydroxylation sites is 1. The van der Waals surface area contributed by atoms with Crippen molar-refractivity contribution in [2.45, 2.75) is 20.4 Å². The van der Waals surface area contributed by atoms with E-state index >= 15 is 0 Å². The Morgan fingerprint density at radius 1 is 1.25 bits per heavy atom. The number of nitrogens with one attached hydrogen (secondary N) is 1. The van der Waals surface area contributed by atoms with E-state index in [0.29, 0.717) is 29.4 Å². The van der Waals surface area contributed by atoms with Gasteiger partial charge in [0.2, 0.25) is 0 Å². The first kappa shape index (κ1) is 15.7. The second-order valence-electron chi connectivity index (χ2n) is 5.12. The molecular formula is C16H18N6O2. The van der Waals surface area contributed by atoms with Gasteiger partial charge in [-0.3, -0.25) is 14.0 Å². The Hall–Kier alpha value is -3.16. The monoisotopic (exact) mass is 326 g/mol. The van der Waals surface area contributed by atoms with E-state index in [4.69, 9.17) is 4.74 Å². The smallest absolute Gasteiger partial charge is 0.259 e. The molecule has 124 valence electrons. The Bertz CT molecular complexity index is 854. The Labute approximate surface area is 139 Å². The number of hydrogen-bond acceptors (Lipinski definition) is 5. The summed E-state index contributed by atoms with van der Waals surface area (Å²) in [6.07, 6.45) is 3.08. The van der Waals surface area contributed by atoms with Crippen LogP contribution in [0.5, 0.6) is 5.75 Å². The average Bonchev–Trinajstić information content (AvgIpc) is 3.24. The SMILES string of the molecule is CCn1nc(-n2cnnc2)c(NC(=O)c2ccccc2OC)c1C. The largest absolute Gasteiger partial charge is 0.496 e. The normalized spacial score (nSPS) is 10.6. The molecule has 8 heteroatoms. The predicted octanol–water partition coefficient (Wildman–Crippen LogP) is 2.05. The van der Waals surface area contributed by atoms with Gasteiger partial charge in [0, 0.05) is 6.54 Å². The van der Waals surface area contributed by atoms with Gasteiger partial charge in [0.25, 0.3) is 5.91 Å². The van der Waals surface area contributed by atoms with Crippen molar-refractivity contribution in [3.63, 3.8) is 0 Å². The minimum absolute atomic E-state index is 0.263. The molecule has 0 bridgehead atoms. The fourth-order valence-electron chi connectivity index (χ4n) is 2.49. The fourth-order valence-corrected chi connectivity index (χ4v) is 2.49. The van der Waals surface area contributed by atoms with Crippen molar-refractivity contribution in [2.75, 3.05) is 12.4 Å². The zero-order valence-electron chi connectivity index (χ0n) is 13.7. The summed E-state index contributed by atoms with van der Waals surface area (Å²) < 4.78 is 8.73. The van der Waals surface area contributed by atoms with Crippen LogP contribution in [-0.4, -0.2) is 37.6 Å². The lowest BCUT2D eigenvalue weighted by molar-refractivity contribution is 0.102. The Kier molecular flexibility index (Phi) is 4.28. The van der Waals surface area contributed by atoms with Crippen LogP contribution in [0, 0.1) is 6.92 Å². The highest BCUT2D eigenvalue weighted by Gasteiger charge is 2.20. The summed E-state index contributed by atoms with van der Waals surface area (Å²) in [5.41, 5.74) is 1.93. The molecule has 24 heavy (non-hydrogen) atoms. The lowest BCUT2D eigenvalue weighted by atomic mass is 10.2. The van der Waals surface area contributed by atoms with Crippen molar-refractivity contribution in [2.24, 2.45) is 0 Å². The first-order chi connectivity index (χ1) is 11.7. The Morgan fingerprint density at radius 2 is 1.96 bits per heavy atom. The van der Waals surface area contributed by atoms with E-state index in [9.17, 15) is 4.79 Å². The van der Waals surface area contributed by atoms with Crippen LogP contribution in [0.25, 0.3) is 5.82 Å². The number of rotatable bonds is 5. The number of nitrogens with zero attached hydrogens (tertiary/aromatic N) is 5. The van der Waals surface area contributed by atoms with Crippen molar-refractivity contribution < 1.29 is 9.53 Å². The summed E-state index contributed by atoms with van der Waals surface area (Å²) >= 11 is 0. The summed E-state index contributed by atoms with van der Waals surface area (Å²) in [5.74, 6) is 0.824.